The lowest BCUT2D eigenvalue weighted by atomic mass is 10.0. The second-order valence-electron chi connectivity index (χ2n) is 4.99. The molecule has 1 N–H and O–H groups in total. The maximum Gasteiger partial charge on any atom is 0.0231 e. The maximum absolute atomic E-state index is 3.35. The molecule has 0 aliphatic carbocycles. The van der Waals surface area contributed by atoms with Crippen LogP contribution in [0.1, 0.15) is 37.8 Å². The largest absolute Gasteiger partial charge is 0.316 e. The summed E-state index contributed by atoms with van der Waals surface area (Å²) in [5.74, 6) is 0.621. The lowest BCUT2D eigenvalue weighted by Crippen LogP contribution is -2.28. The smallest absolute Gasteiger partial charge is 0.0231 e. The summed E-state index contributed by atoms with van der Waals surface area (Å²) in [4.78, 5) is 2.35. The third kappa shape index (κ3) is 5.33. The van der Waals surface area contributed by atoms with Crippen LogP contribution < -0.4 is 5.32 Å². The molecule has 0 aliphatic rings. The Balaban J connectivity index is 2.40. The van der Waals surface area contributed by atoms with Crippen LogP contribution in [0, 0.1) is 0 Å². The summed E-state index contributed by atoms with van der Waals surface area (Å²) < 4.78 is 0. The molecule has 17 heavy (non-hydrogen) atoms. The summed E-state index contributed by atoms with van der Waals surface area (Å²) in [5.41, 5.74) is 2.82. The van der Waals surface area contributed by atoms with Gasteiger partial charge in [0.15, 0.2) is 0 Å². The van der Waals surface area contributed by atoms with Crippen molar-refractivity contribution in [1.82, 2.24) is 10.2 Å². The highest BCUT2D eigenvalue weighted by molar-refractivity contribution is 5.24. The SMILES string of the molecule is CCNCCN(C)Cc1ccc(C(C)C)cc1. The number of nitrogens with one attached hydrogen (secondary N) is 1. The summed E-state index contributed by atoms with van der Waals surface area (Å²) in [6.07, 6.45) is 0. The molecule has 1 rings (SSSR count). The van der Waals surface area contributed by atoms with Gasteiger partial charge >= 0.3 is 0 Å². The van der Waals surface area contributed by atoms with Gasteiger partial charge in [-0.3, -0.25) is 0 Å². The summed E-state index contributed by atoms with van der Waals surface area (Å²) in [5, 5.41) is 3.35. The normalized spacial score (nSPS) is 11.4. The highest BCUT2D eigenvalue weighted by Gasteiger charge is 2.01. The van der Waals surface area contributed by atoms with Crippen LogP contribution in [0.5, 0.6) is 0 Å². The van der Waals surface area contributed by atoms with Gasteiger partial charge in [0, 0.05) is 19.6 Å². The monoisotopic (exact) mass is 234 g/mol. The second kappa shape index (κ2) is 7.46. The van der Waals surface area contributed by atoms with Crippen molar-refractivity contribution in [3.05, 3.63) is 35.4 Å². The van der Waals surface area contributed by atoms with Crippen molar-refractivity contribution in [2.45, 2.75) is 33.2 Å². The van der Waals surface area contributed by atoms with Crippen LogP contribution in [0.25, 0.3) is 0 Å². The van der Waals surface area contributed by atoms with E-state index >= 15 is 0 Å². The summed E-state index contributed by atoms with van der Waals surface area (Å²) in [6, 6.07) is 8.99. The van der Waals surface area contributed by atoms with E-state index in [4.69, 9.17) is 0 Å². The number of hydrogen-bond donors (Lipinski definition) is 1. The fourth-order valence-corrected chi connectivity index (χ4v) is 1.85. The molecule has 1 aromatic rings. The first-order chi connectivity index (χ1) is 8.13. The van der Waals surface area contributed by atoms with E-state index in [0.29, 0.717) is 5.92 Å². The third-order valence-corrected chi connectivity index (χ3v) is 3.02. The molecule has 0 spiro atoms. The molecule has 96 valence electrons. The molecule has 0 saturated heterocycles. The van der Waals surface area contributed by atoms with Crippen molar-refractivity contribution >= 4 is 0 Å². The van der Waals surface area contributed by atoms with Crippen LogP contribution in [0.4, 0.5) is 0 Å². The maximum atomic E-state index is 3.35. The lowest BCUT2D eigenvalue weighted by Gasteiger charge is -2.17. The fraction of sp³-hybridized carbons (Fsp3) is 0.600. The van der Waals surface area contributed by atoms with Gasteiger partial charge < -0.3 is 10.2 Å². The average molecular weight is 234 g/mol. The molecule has 0 amide bonds. The van der Waals surface area contributed by atoms with Crippen LogP contribution in [0.3, 0.4) is 0 Å². The zero-order chi connectivity index (χ0) is 12.7. The molecule has 0 aromatic heterocycles. The lowest BCUT2D eigenvalue weighted by molar-refractivity contribution is 0.325. The number of rotatable bonds is 7. The highest BCUT2D eigenvalue weighted by atomic mass is 15.1. The molecule has 0 atom stereocenters. The van der Waals surface area contributed by atoms with E-state index in [-0.39, 0.29) is 0 Å². The molecular weight excluding hydrogens is 208 g/mol. The van der Waals surface area contributed by atoms with E-state index in [0.717, 1.165) is 26.2 Å². The molecule has 0 aliphatic heterocycles. The molecule has 0 heterocycles. The van der Waals surface area contributed by atoms with Crippen LogP contribution >= 0.6 is 0 Å². The Bertz CT molecular complexity index is 303. The number of benzene rings is 1. The number of nitrogens with zero attached hydrogens (tertiary/aromatic N) is 1. The highest BCUT2D eigenvalue weighted by Crippen LogP contribution is 2.15. The minimum absolute atomic E-state index is 0.621. The van der Waals surface area contributed by atoms with E-state index in [2.05, 4.69) is 62.3 Å². The minimum atomic E-state index is 0.621. The van der Waals surface area contributed by atoms with E-state index < -0.39 is 0 Å². The number of hydrogen-bond acceptors (Lipinski definition) is 2. The molecule has 0 bridgehead atoms. The van der Waals surface area contributed by atoms with Gasteiger partial charge in [-0.1, -0.05) is 45.0 Å². The van der Waals surface area contributed by atoms with E-state index in [1.54, 1.807) is 0 Å². The van der Waals surface area contributed by atoms with E-state index in [9.17, 15) is 0 Å². The predicted octanol–water partition coefficient (Wildman–Crippen LogP) is 2.85. The van der Waals surface area contributed by atoms with Crippen LogP contribution in [-0.4, -0.2) is 31.6 Å². The standard InChI is InChI=1S/C15H26N2/c1-5-16-10-11-17(4)12-14-6-8-15(9-7-14)13(2)3/h6-9,13,16H,5,10-12H2,1-4H3. The van der Waals surface area contributed by atoms with Crippen molar-refractivity contribution < 1.29 is 0 Å². The molecule has 0 radical (unpaired) electrons. The summed E-state index contributed by atoms with van der Waals surface area (Å²) in [6.45, 7) is 10.9. The molecule has 0 unspecified atom stereocenters. The Morgan fingerprint density at radius 2 is 1.82 bits per heavy atom. The zero-order valence-electron chi connectivity index (χ0n) is 11.7. The van der Waals surface area contributed by atoms with Gasteiger partial charge in [0.05, 0.1) is 0 Å². The van der Waals surface area contributed by atoms with Crippen LogP contribution in [-0.2, 0) is 6.54 Å². The average Bonchev–Trinajstić information content (AvgIpc) is 2.30. The molecule has 0 fully saturated rings. The molecule has 0 saturated carbocycles. The quantitative estimate of drug-likeness (QED) is 0.730. The van der Waals surface area contributed by atoms with Crippen molar-refractivity contribution in [3.8, 4) is 0 Å². The van der Waals surface area contributed by atoms with Crippen molar-refractivity contribution in [1.29, 1.82) is 0 Å². The molecule has 2 heteroatoms. The Morgan fingerprint density at radius 3 is 2.35 bits per heavy atom. The first-order valence-corrected chi connectivity index (χ1v) is 6.61. The fourth-order valence-electron chi connectivity index (χ4n) is 1.85. The first-order valence-electron chi connectivity index (χ1n) is 6.61. The van der Waals surface area contributed by atoms with Crippen molar-refractivity contribution in [2.24, 2.45) is 0 Å². The predicted molar refractivity (Wildman–Crippen MR) is 75.4 cm³/mol. The Kier molecular flexibility index (Phi) is 6.23. The van der Waals surface area contributed by atoms with Crippen LogP contribution in [0.2, 0.25) is 0 Å². The van der Waals surface area contributed by atoms with E-state index in [1.807, 2.05) is 0 Å². The van der Waals surface area contributed by atoms with Gasteiger partial charge in [0.1, 0.15) is 0 Å². The first kappa shape index (κ1) is 14.2. The topological polar surface area (TPSA) is 15.3 Å². The van der Waals surface area contributed by atoms with Crippen molar-refractivity contribution in [3.63, 3.8) is 0 Å². The third-order valence-electron chi connectivity index (χ3n) is 3.02. The summed E-state index contributed by atoms with van der Waals surface area (Å²) >= 11 is 0. The Labute approximate surface area is 106 Å². The van der Waals surface area contributed by atoms with Gasteiger partial charge in [-0.25, -0.2) is 0 Å². The van der Waals surface area contributed by atoms with Gasteiger partial charge in [-0.15, -0.1) is 0 Å². The summed E-state index contributed by atoms with van der Waals surface area (Å²) in [7, 11) is 2.17. The zero-order valence-corrected chi connectivity index (χ0v) is 11.7. The van der Waals surface area contributed by atoms with Gasteiger partial charge in [-0.05, 0) is 30.6 Å². The Hall–Kier alpha value is -0.860. The molecule has 1 aromatic carbocycles. The van der Waals surface area contributed by atoms with Gasteiger partial charge in [-0.2, -0.15) is 0 Å². The second-order valence-corrected chi connectivity index (χ2v) is 4.99. The minimum Gasteiger partial charge on any atom is -0.316 e. The van der Waals surface area contributed by atoms with E-state index in [1.165, 1.54) is 11.1 Å². The number of likely N-dealkylation sites (N-methyl/N-ethyl adjacent to an activating group) is 2. The Morgan fingerprint density at radius 1 is 1.18 bits per heavy atom. The van der Waals surface area contributed by atoms with Gasteiger partial charge in [0.2, 0.25) is 0 Å². The van der Waals surface area contributed by atoms with Gasteiger partial charge in [0.25, 0.3) is 0 Å². The molecular formula is C15H26N2. The van der Waals surface area contributed by atoms with Crippen molar-refractivity contribution in [2.75, 3.05) is 26.7 Å². The molecule has 2 nitrogen and oxygen atoms in total. The van der Waals surface area contributed by atoms with Crippen LogP contribution in [0.15, 0.2) is 24.3 Å².